The van der Waals surface area contributed by atoms with Gasteiger partial charge in [-0.15, -0.1) is 0 Å². The molecule has 0 aromatic carbocycles. The normalized spacial score (nSPS) is 56.7. The molecule has 0 amide bonds. The number of hydrogen-bond acceptors (Lipinski definition) is 1. The van der Waals surface area contributed by atoms with Gasteiger partial charge in [0.05, 0.1) is 12.2 Å². The molecule has 2 bridgehead atoms. The number of rotatable bonds is 0. The van der Waals surface area contributed by atoms with E-state index in [0.29, 0.717) is 12.2 Å². The van der Waals surface area contributed by atoms with Crippen LogP contribution in [0.15, 0.2) is 0 Å². The predicted molar refractivity (Wildman–Crippen MR) is 36.2 cm³/mol. The fourth-order valence-corrected chi connectivity index (χ4v) is 2.14. The average Bonchev–Trinajstić information content (AvgIpc) is 2.37. The molecule has 0 aromatic heterocycles. The fraction of sp³-hybridized carbons (Fsp3) is 1.00. The molecule has 52 valence electrons. The van der Waals surface area contributed by atoms with Crippen molar-refractivity contribution < 1.29 is 4.74 Å². The van der Waals surface area contributed by atoms with Crippen LogP contribution in [0.1, 0.15) is 26.7 Å². The molecule has 4 atom stereocenters. The molecular weight excluding hydrogens is 112 g/mol. The van der Waals surface area contributed by atoms with Crippen LogP contribution in [0.5, 0.6) is 0 Å². The maximum absolute atomic E-state index is 5.70. The Morgan fingerprint density at radius 2 is 1.44 bits per heavy atom. The van der Waals surface area contributed by atoms with Crippen LogP contribution in [0.2, 0.25) is 0 Å². The second kappa shape index (κ2) is 1.72. The van der Waals surface area contributed by atoms with Crippen molar-refractivity contribution in [1.29, 1.82) is 0 Å². The highest BCUT2D eigenvalue weighted by molar-refractivity contribution is 4.91. The zero-order chi connectivity index (χ0) is 6.43. The van der Waals surface area contributed by atoms with Crippen LogP contribution in [0, 0.1) is 11.8 Å². The Balaban J connectivity index is 2.15. The number of ether oxygens (including phenoxy) is 1. The summed E-state index contributed by atoms with van der Waals surface area (Å²) in [6.45, 7) is 4.63. The second-order valence-corrected chi connectivity index (χ2v) is 3.51. The Bertz CT molecular complexity index is 104. The molecule has 0 saturated carbocycles. The highest BCUT2D eigenvalue weighted by Gasteiger charge is 2.43. The lowest BCUT2D eigenvalue weighted by atomic mass is 9.82. The van der Waals surface area contributed by atoms with Crippen molar-refractivity contribution in [3.05, 3.63) is 0 Å². The van der Waals surface area contributed by atoms with Gasteiger partial charge in [0, 0.05) is 0 Å². The summed E-state index contributed by atoms with van der Waals surface area (Å²) in [4.78, 5) is 0. The van der Waals surface area contributed by atoms with Crippen molar-refractivity contribution in [2.24, 2.45) is 11.8 Å². The smallest absolute Gasteiger partial charge is 0.0609 e. The standard InChI is InChI=1S/C8H14O/c1-5-6(2)8-4-3-7(5)9-8/h5-8H,3-4H2,1-2H3/t5-,6+,7+,8?/m1/s1. The molecule has 0 radical (unpaired) electrons. The minimum atomic E-state index is 0.616. The van der Waals surface area contributed by atoms with Crippen molar-refractivity contribution in [3.8, 4) is 0 Å². The van der Waals surface area contributed by atoms with E-state index >= 15 is 0 Å². The Hall–Kier alpha value is -0.0400. The van der Waals surface area contributed by atoms with Gasteiger partial charge < -0.3 is 4.74 Å². The van der Waals surface area contributed by atoms with Crippen LogP contribution in [0.4, 0.5) is 0 Å². The lowest BCUT2D eigenvalue weighted by Gasteiger charge is -2.19. The summed E-state index contributed by atoms with van der Waals surface area (Å²) in [6.07, 6.45) is 3.86. The first-order valence-corrected chi connectivity index (χ1v) is 3.94. The predicted octanol–water partition coefficient (Wildman–Crippen LogP) is 1.82. The van der Waals surface area contributed by atoms with Crippen LogP contribution in [-0.4, -0.2) is 12.2 Å². The third-order valence-electron chi connectivity index (χ3n) is 3.09. The highest BCUT2D eigenvalue weighted by atomic mass is 16.5. The second-order valence-electron chi connectivity index (χ2n) is 3.51. The van der Waals surface area contributed by atoms with E-state index in [2.05, 4.69) is 13.8 Å². The van der Waals surface area contributed by atoms with E-state index in [1.807, 2.05) is 0 Å². The number of fused-ring (bicyclic) bond motifs is 2. The first kappa shape index (κ1) is 5.72. The summed E-state index contributed by atoms with van der Waals surface area (Å²) < 4.78 is 5.70. The Morgan fingerprint density at radius 1 is 1.00 bits per heavy atom. The highest BCUT2D eigenvalue weighted by Crippen LogP contribution is 2.42. The van der Waals surface area contributed by atoms with Crippen molar-refractivity contribution in [2.75, 3.05) is 0 Å². The van der Waals surface area contributed by atoms with E-state index in [4.69, 9.17) is 4.74 Å². The van der Waals surface area contributed by atoms with Crippen molar-refractivity contribution >= 4 is 0 Å². The lowest BCUT2D eigenvalue weighted by Crippen LogP contribution is -2.21. The van der Waals surface area contributed by atoms with Gasteiger partial charge in [-0.2, -0.15) is 0 Å². The summed E-state index contributed by atoms with van der Waals surface area (Å²) in [7, 11) is 0. The minimum Gasteiger partial charge on any atom is -0.374 e. The van der Waals surface area contributed by atoms with Crippen molar-refractivity contribution in [3.63, 3.8) is 0 Å². The van der Waals surface area contributed by atoms with Crippen molar-refractivity contribution in [1.82, 2.24) is 0 Å². The molecule has 2 saturated heterocycles. The van der Waals surface area contributed by atoms with Gasteiger partial charge in [-0.1, -0.05) is 13.8 Å². The first-order chi connectivity index (χ1) is 4.29. The molecule has 0 aliphatic carbocycles. The van der Waals surface area contributed by atoms with Gasteiger partial charge in [0.1, 0.15) is 0 Å². The van der Waals surface area contributed by atoms with Crippen LogP contribution >= 0.6 is 0 Å². The molecular formula is C8H14O. The fourth-order valence-electron chi connectivity index (χ4n) is 2.14. The van der Waals surface area contributed by atoms with Crippen LogP contribution in [-0.2, 0) is 4.74 Å². The van der Waals surface area contributed by atoms with Gasteiger partial charge in [0.25, 0.3) is 0 Å². The van der Waals surface area contributed by atoms with Crippen LogP contribution in [0.3, 0.4) is 0 Å². The number of hydrogen-bond donors (Lipinski definition) is 0. The zero-order valence-corrected chi connectivity index (χ0v) is 6.13. The summed E-state index contributed by atoms with van der Waals surface area (Å²) in [5, 5.41) is 0. The Kier molecular flexibility index (Phi) is 1.10. The Labute approximate surface area is 56.4 Å². The SMILES string of the molecule is C[C@H]1[C@@H]2CCC(O2)[C@H]1C. The van der Waals surface area contributed by atoms with Gasteiger partial charge in [0.2, 0.25) is 0 Å². The van der Waals surface area contributed by atoms with Gasteiger partial charge in [0.15, 0.2) is 0 Å². The van der Waals surface area contributed by atoms with Gasteiger partial charge >= 0.3 is 0 Å². The van der Waals surface area contributed by atoms with E-state index in [0.717, 1.165) is 11.8 Å². The minimum absolute atomic E-state index is 0.616. The monoisotopic (exact) mass is 126 g/mol. The molecule has 0 N–H and O–H groups in total. The molecule has 1 heteroatoms. The third kappa shape index (κ3) is 0.644. The summed E-state index contributed by atoms with van der Waals surface area (Å²) in [6, 6.07) is 0. The van der Waals surface area contributed by atoms with E-state index < -0.39 is 0 Å². The molecule has 2 fully saturated rings. The van der Waals surface area contributed by atoms with E-state index in [1.54, 1.807) is 0 Å². The van der Waals surface area contributed by atoms with E-state index in [1.165, 1.54) is 12.8 Å². The Morgan fingerprint density at radius 3 is 1.67 bits per heavy atom. The third-order valence-corrected chi connectivity index (χ3v) is 3.09. The van der Waals surface area contributed by atoms with Crippen LogP contribution < -0.4 is 0 Å². The maximum Gasteiger partial charge on any atom is 0.0609 e. The maximum atomic E-state index is 5.70. The summed E-state index contributed by atoms with van der Waals surface area (Å²) in [5.74, 6) is 1.65. The largest absolute Gasteiger partial charge is 0.374 e. The topological polar surface area (TPSA) is 9.23 Å². The molecule has 1 nitrogen and oxygen atoms in total. The molecule has 1 unspecified atom stereocenters. The molecule has 2 heterocycles. The van der Waals surface area contributed by atoms with E-state index in [9.17, 15) is 0 Å². The molecule has 2 rings (SSSR count). The summed E-state index contributed by atoms with van der Waals surface area (Å²) >= 11 is 0. The first-order valence-electron chi connectivity index (χ1n) is 3.94. The summed E-state index contributed by atoms with van der Waals surface area (Å²) in [5.41, 5.74) is 0. The van der Waals surface area contributed by atoms with E-state index in [-0.39, 0.29) is 0 Å². The molecule has 0 spiro atoms. The molecule has 2 aliphatic heterocycles. The lowest BCUT2D eigenvalue weighted by molar-refractivity contribution is 0.0897. The van der Waals surface area contributed by atoms with Gasteiger partial charge in [-0.25, -0.2) is 0 Å². The quantitative estimate of drug-likeness (QED) is 0.481. The van der Waals surface area contributed by atoms with Crippen molar-refractivity contribution in [2.45, 2.75) is 38.9 Å². The average molecular weight is 126 g/mol. The molecule has 2 aliphatic rings. The van der Waals surface area contributed by atoms with Crippen LogP contribution in [0.25, 0.3) is 0 Å². The molecule has 0 aromatic rings. The van der Waals surface area contributed by atoms with Gasteiger partial charge in [-0.05, 0) is 24.7 Å². The van der Waals surface area contributed by atoms with Gasteiger partial charge in [-0.3, -0.25) is 0 Å². The molecule has 9 heavy (non-hydrogen) atoms. The zero-order valence-electron chi connectivity index (χ0n) is 6.13.